The van der Waals surface area contributed by atoms with Gasteiger partial charge in [-0.1, -0.05) is 12.1 Å². The number of methoxy groups -OCH3 is 1. The lowest BCUT2D eigenvalue weighted by Crippen LogP contribution is -2.28. The standard InChI is InChI=1S/C19H28N2O4/c1-14-10-16(11-15(2)19(14)25-13-18(23)24-3)12-20-7-5-9-21-8-4-6-17(21)22/h10-11,20H,4-9,12-13H2,1-3H3. The fourth-order valence-electron chi connectivity index (χ4n) is 3.13. The Morgan fingerprint density at radius 1 is 1.28 bits per heavy atom. The molecule has 1 N–H and O–H groups in total. The van der Waals surface area contributed by atoms with Crippen LogP contribution in [-0.2, 0) is 20.9 Å². The Labute approximate surface area is 149 Å². The zero-order chi connectivity index (χ0) is 18.2. The van der Waals surface area contributed by atoms with Gasteiger partial charge in [-0.3, -0.25) is 4.79 Å². The first kappa shape index (κ1) is 19.2. The molecule has 0 aromatic heterocycles. The second-order valence-electron chi connectivity index (χ2n) is 6.44. The smallest absolute Gasteiger partial charge is 0.343 e. The molecule has 0 unspecified atom stereocenters. The molecule has 1 aromatic rings. The van der Waals surface area contributed by atoms with Gasteiger partial charge in [0.05, 0.1) is 7.11 Å². The molecular formula is C19H28N2O4. The number of hydrogen-bond acceptors (Lipinski definition) is 5. The first-order chi connectivity index (χ1) is 12.0. The summed E-state index contributed by atoms with van der Waals surface area (Å²) >= 11 is 0. The summed E-state index contributed by atoms with van der Waals surface area (Å²) in [6.07, 6.45) is 2.66. The van der Waals surface area contributed by atoms with E-state index in [4.69, 9.17) is 4.74 Å². The lowest BCUT2D eigenvalue weighted by Gasteiger charge is -2.16. The molecule has 1 aliphatic rings. The Morgan fingerprint density at radius 3 is 2.60 bits per heavy atom. The highest BCUT2D eigenvalue weighted by Gasteiger charge is 2.18. The Bertz CT molecular complexity index is 592. The summed E-state index contributed by atoms with van der Waals surface area (Å²) in [5.41, 5.74) is 3.18. The van der Waals surface area contributed by atoms with Gasteiger partial charge < -0.3 is 19.7 Å². The second-order valence-corrected chi connectivity index (χ2v) is 6.44. The molecule has 1 saturated heterocycles. The van der Waals surface area contributed by atoms with Crippen LogP contribution in [0.1, 0.15) is 36.0 Å². The van der Waals surface area contributed by atoms with Gasteiger partial charge in [0.25, 0.3) is 0 Å². The lowest BCUT2D eigenvalue weighted by atomic mass is 10.1. The van der Waals surface area contributed by atoms with Crippen LogP contribution in [0.5, 0.6) is 5.75 Å². The van der Waals surface area contributed by atoms with Crippen molar-refractivity contribution in [3.63, 3.8) is 0 Å². The van der Waals surface area contributed by atoms with Crippen LogP contribution in [0.15, 0.2) is 12.1 Å². The summed E-state index contributed by atoms with van der Waals surface area (Å²) in [7, 11) is 1.35. The molecule has 0 saturated carbocycles. The summed E-state index contributed by atoms with van der Waals surface area (Å²) in [6, 6.07) is 4.13. The molecule has 0 atom stereocenters. The summed E-state index contributed by atoms with van der Waals surface area (Å²) in [4.78, 5) is 24.7. The molecule has 1 heterocycles. The van der Waals surface area contributed by atoms with E-state index in [9.17, 15) is 9.59 Å². The number of ether oxygens (including phenoxy) is 2. The van der Waals surface area contributed by atoms with E-state index in [0.717, 1.165) is 55.9 Å². The van der Waals surface area contributed by atoms with Crippen LogP contribution in [0.4, 0.5) is 0 Å². The maximum atomic E-state index is 11.5. The highest BCUT2D eigenvalue weighted by Crippen LogP contribution is 2.24. The molecule has 0 spiro atoms. The van der Waals surface area contributed by atoms with E-state index in [1.165, 1.54) is 12.7 Å². The number of carbonyl (C=O) groups is 2. The fourth-order valence-corrected chi connectivity index (χ4v) is 3.13. The molecular weight excluding hydrogens is 320 g/mol. The maximum absolute atomic E-state index is 11.5. The van der Waals surface area contributed by atoms with Gasteiger partial charge in [-0.15, -0.1) is 0 Å². The minimum atomic E-state index is -0.388. The predicted octanol–water partition coefficient (Wildman–Crippen LogP) is 1.96. The number of hydrogen-bond donors (Lipinski definition) is 1. The van der Waals surface area contributed by atoms with E-state index in [-0.39, 0.29) is 18.5 Å². The van der Waals surface area contributed by atoms with Crippen LogP contribution in [-0.4, -0.2) is 50.1 Å². The van der Waals surface area contributed by atoms with Crippen molar-refractivity contribution >= 4 is 11.9 Å². The zero-order valence-electron chi connectivity index (χ0n) is 15.4. The largest absolute Gasteiger partial charge is 0.481 e. The van der Waals surface area contributed by atoms with Crippen molar-refractivity contribution < 1.29 is 19.1 Å². The van der Waals surface area contributed by atoms with Gasteiger partial charge in [0, 0.05) is 26.1 Å². The van der Waals surface area contributed by atoms with Crippen LogP contribution < -0.4 is 10.1 Å². The van der Waals surface area contributed by atoms with Gasteiger partial charge in [-0.05, 0) is 49.9 Å². The summed E-state index contributed by atoms with van der Waals surface area (Å²) in [5, 5.41) is 3.42. The predicted molar refractivity (Wildman–Crippen MR) is 95.6 cm³/mol. The normalized spacial score (nSPS) is 14.0. The van der Waals surface area contributed by atoms with Gasteiger partial charge in [0.1, 0.15) is 5.75 Å². The van der Waals surface area contributed by atoms with E-state index in [2.05, 4.69) is 22.2 Å². The number of nitrogens with zero attached hydrogens (tertiary/aromatic N) is 1. The van der Waals surface area contributed by atoms with Crippen molar-refractivity contribution in [2.24, 2.45) is 0 Å². The Hall–Kier alpha value is -2.08. The number of rotatable bonds is 9. The van der Waals surface area contributed by atoms with Crippen molar-refractivity contribution in [1.29, 1.82) is 0 Å². The Kier molecular flexibility index (Phi) is 7.25. The van der Waals surface area contributed by atoms with Crippen LogP contribution in [0, 0.1) is 13.8 Å². The molecule has 0 radical (unpaired) electrons. The van der Waals surface area contributed by atoms with Gasteiger partial charge in [-0.25, -0.2) is 4.79 Å². The van der Waals surface area contributed by atoms with E-state index in [1.807, 2.05) is 18.7 Å². The Balaban J connectivity index is 1.76. The first-order valence-corrected chi connectivity index (χ1v) is 8.79. The lowest BCUT2D eigenvalue weighted by molar-refractivity contribution is -0.142. The third-order valence-electron chi connectivity index (χ3n) is 4.36. The summed E-state index contributed by atoms with van der Waals surface area (Å²) in [6.45, 7) is 7.26. The highest BCUT2D eigenvalue weighted by atomic mass is 16.6. The number of nitrogens with one attached hydrogen (secondary N) is 1. The molecule has 0 bridgehead atoms. The average molecular weight is 348 g/mol. The Morgan fingerprint density at radius 2 is 2.00 bits per heavy atom. The topological polar surface area (TPSA) is 67.9 Å². The number of esters is 1. The fraction of sp³-hybridized carbons (Fsp3) is 0.579. The van der Waals surface area contributed by atoms with Crippen LogP contribution in [0.2, 0.25) is 0 Å². The minimum absolute atomic E-state index is 0.0784. The third kappa shape index (κ3) is 5.74. The van der Waals surface area contributed by atoms with E-state index in [0.29, 0.717) is 6.42 Å². The van der Waals surface area contributed by atoms with E-state index in [1.54, 1.807) is 0 Å². The number of carbonyl (C=O) groups excluding carboxylic acids is 2. The number of benzene rings is 1. The minimum Gasteiger partial charge on any atom is -0.481 e. The number of likely N-dealkylation sites (tertiary alicyclic amines) is 1. The van der Waals surface area contributed by atoms with Crippen LogP contribution >= 0.6 is 0 Å². The average Bonchev–Trinajstić information content (AvgIpc) is 2.98. The van der Waals surface area contributed by atoms with Crippen molar-refractivity contribution in [2.45, 2.75) is 39.7 Å². The molecule has 25 heavy (non-hydrogen) atoms. The van der Waals surface area contributed by atoms with Gasteiger partial charge in [-0.2, -0.15) is 0 Å². The zero-order valence-corrected chi connectivity index (χ0v) is 15.4. The van der Waals surface area contributed by atoms with E-state index >= 15 is 0 Å². The molecule has 1 amide bonds. The molecule has 1 aromatic carbocycles. The van der Waals surface area contributed by atoms with Gasteiger partial charge in [0.15, 0.2) is 6.61 Å². The molecule has 6 heteroatoms. The second kappa shape index (κ2) is 9.42. The SMILES string of the molecule is COC(=O)COc1c(C)cc(CNCCCN2CCCC2=O)cc1C. The van der Waals surface area contributed by atoms with Crippen molar-refractivity contribution in [2.75, 3.05) is 33.4 Å². The first-order valence-electron chi connectivity index (χ1n) is 8.79. The maximum Gasteiger partial charge on any atom is 0.343 e. The quantitative estimate of drug-likeness (QED) is 0.546. The number of aryl methyl sites for hydroxylation is 2. The molecule has 0 aliphatic carbocycles. The molecule has 6 nitrogen and oxygen atoms in total. The van der Waals surface area contributed by atoms with Crippen LogP contribution in [0.25, 0.3) is 0 Å². The van der Waals surface area contributed by atoms with Crippen LogP contribution in [0.3, 0.4) is 0 Å². The van der Waals surface area contributed by atoms with Crippen molar-refractivity contribution in [3.8, 4) is 5.75 Å². The number of amides is 1. The highest BCUT2D eigenvalue weighted by molar-refractivity contribution is 5.78. The molecule has 1 fully saturated rings. The van der Waals surface area contributed by atoms with Gasteiger partial charge in [0.2, 0.25) is 5.91 Å². The van der Waals surface area contributed by atoms with Crippen molar-refractivity contribution in [1.82, 2.24) is 10.2 Å². The van der Waals surface area contributed by atoms with E-state index < -0.39 is 0 Å². The molecule has 1 aliphatic heterocycles. The summed E-state index contributed by atoms with van der Waals surface area (Å²) in [5.74, 6) is 0.636. The van der Waals surface area contributed by atoms with Crippen molar-refractivity contribution in [3.05, 3.63) is 28.8 Å². The molecule has 138 valence electrons. The summed E-state index contributed by atoms with van der Waals surface area (Å²) < 4.78 is 10.1. The third-order valence-corrected chi connectivity index (χ3v) is 4.36. The van der Waals surface area contributed by atoms with Gasteiger partial charge >= 0.3 is 5.97 Å². The molecule has 2 rings (SSSR count). The monoisotopic (exact) mass is 348 g/mol.